The lowest BCUT2D eigenvalue weighted by atomic mass is 10.1. The largest absolute Gasteiger partial charge is 0.476 e. The predicted octanol–water partition coefficient (Wildman–Crippen LogP) is 2.53. The zero-order valence-electron chi connectivity index (χ0n) is 11.1. The molecule has 106 valence electrons. The number of rotatable bonds is 3. The molecule has 7 heteroatoms. The molecule has 3 rings (SSSR count). The zero-order chi connectivity index (χ0) is 15.0. The molecular formula is C14H11ClN4O2. The van der Waals surface area contributed by atoms with E-state index in [-0.39, 0.29) is 5.69 Å². The van der Waals surface area contributed by atoms with Crippen LogP contribution < -0.4 is 0 Å². The van der Waals surface area contributed by atoms with Gasteiger partial charge in [0.2, 0.25) is 0 Å². The Morgan fingerprint density at radius 3 is 2.90 bits per heavy atom. The highest BCUT2D eigenvalue weighted by Gasteiger charge is 2.15. The molecule has 0 saturated carbocycles. The number of halogens is 1. The van der Waals surface area contributed by atoms with Crippen LogP contribution in [0.5, 0.6) is 0 Å². The number of hydrogen-bond donors (Lipinski definition) is 1. The number of pyridine rings is 1. The van der Waals surface area contributed by atoms with Crippen molar-refractivity contribution in [1.82, 2.24) is 20.0 Å². The smallest absolute Gasteiger partial charge is 0.358 e. The fraction of sp³-hybridized carbons (Fsp3) is 0.143. The molecule has 2 aromatic heterocycles. The van der Waals surface area contributed by atoms with Gasteiger partial charge in [0.05, 0.1) is 22.8 Å². The topological polar surface area (TPSA) is 80.9 Å². The first-order valence-corrected chi connectivity index (χ1v) is 6.60. The summed E-state index contributed by atoms with van der Waals surface area (Å²) in [6, 6.07) is 7.61. The first-order valence-electron chi connectivity index (χ1n) is 6.22. The summed E-state index contributed by atoms with van der Waals surface area (Å²) in [5.74, 6) is -1.08. The minimum Gasteiger partial charge on any atom is -0.476 e. The summed E-state index contributed by atoms with van der Waals surface area (Å²) in [6.07, 6.45) is 1.60. The highest BCUT2D eigenvalue weighted by Crippen LogP contribution is 2.19. The number of fused-ring (bicyclic) bond motifs is 1. The summed E-state index contributed by atoms with van der Waals surface area (Å²) in [6.45, 7) is 2.12. The highest BCUT2D eigenvalue weighted by atomic mass is 35.5. The van der Waals surface area contributed by atoms with Crippen molar-refractivity contribution >= 4 is 28.5 Å². The summed E-state index contributed by atoms with van der Waals surface area (Å²) < 4.78 is 1.56. The summed E-state index contributed by atoms with van der Waals surface area (Å²) >= 11 is 5.94. The Bertz CT molecular complexity index is 844. The second-order valence-electron chi connectivity index (χ2n) is 4.67. The van der Waals surface area contributed by atoms with Crippen LogP contribution in [0.15, 0.2) is 30.5 Å². The third-order valence-electron chi connectivity index (χ3n) is 3.23. The van der Waals surface area contributed by atoms with Gasteiger partial charge in [-0.1, -0.05) is 22.9 Å². The van der Waals surface area contributed by atoms with Crippen LogP contribution in [0.25, 0.3) is 10.9 Å². The Morgan fingerprint density at radius 2 is 2.19 bits per heavy atom. The van der Waals surface area contributed by atoms with Crippen molar-refractivity contribution < 1.29 is 9.90 Å². The van der Waals surface area contributed by atoms with Gasteiger partial charge in [-0.3, -0.25) is 4.98 Å². The number of benzene rings is 1. The lowest BCUT2D eigenvalue weighted by Gasteiger charge is -2.05. The first kappa shape index (κ1) is 13.5. The fourth-order valence-corrected chi connectivity index (χ4v) is 2.30. The van der Waals surface area contributed by atoms with Gasteiger partial charge in [0.25, 0.3) is 0 Å². The monoisotopic (exact) mass is 302 g/mol. The van der Waals surface area contributed by atoms with Gasteiger partial charge in [-0.05, 0) is 30.7 Å². The molecule has 0 amide bonds. The third kappa shape index (κ3) is 2.57. The van der Waals surface area contributed by atoms with Crippen molar-refractivity contribution in [3.63, 3.8) is 0 Å². The van der Waals surface area contributed by atoms with Crippen LogP contribution in [0.3, 0.4) is 0 Å². The molecule has 6 nitrogen and oxygen atoms in total. The molecule has 1 aromatic carbocycles. The lowest BCUT2D eigenvalue weighted by molar-refractivity contribution is 0.0689. The van der Waals surface area contributed by atoms with Crippen molar-refractivity contribution in [3.05, 3.63) is 52.4 Å². The molecule has 0 aliphatic rings. The molecule has 0 fully saturated rings. The van der Waals surface area contributed by atoms with Gasteiger partial charge >= 0.3 is 5.97 Å². The summed E-state index contributed by atoms with van der Waals surface area (Å²) in [5, 5.41) is 18.0. The van der Waals surface area contributed by atoms with E-state index in [1.165, 1.54) is 0 Å². The highest BCUT2D eigenvalue weighted by molar-refractivity contribution is 6.31. The molecule has 0 spiro atoms. The van der Waals surface area contributed by atoms with Crippen LogP contribution >= 0.6 is 11.6 Å². The number of hydrogen-bond acceptors (Lipinski definition) is 4. The standard InChI is InChI=1S/C14H11ClN4O2/c1-8-13(14(20)21)17-18-19(8)7-9-2-3-12-10(4-9)5-11(15)6-16-12/h2-6H,7H2,1H3,(H,20,21). The van der Waals surface area contributed by atoms with Crippen molar-refractivity contribution in [1.29, 1.82) is 0 Å². The van der Waals surface area contributed by atoms with Crippen LogP contribution in [0.2, 0.25) is 5.02 Å². The molecule has 0 bridgehead atoms. The molecule has 0 aliphatic heterocycles. The van der Waals surface area contributed by atoms with Crippen LogP contribution in [-0.2, 0) is 6.54 Å². The van der Waals surface area contributed by atoms with Crippen molar-refractivity contribution in [3.8, 4) is 0 Å². The van der Waals surface area contributed by atoms with E-state index in [4.69, 9.17) is 16.7 Å². The molecule has 1 N–H and O–H groups in total. The van der Waals surface area contributed by atoms with Crippen LogP contribution in [0.1, 0.15) is 21.7 Å². The van der Waals surface area contributed by atoms with Gasteiger partial charge in [0.15, 0.2) is 5.69 Å². The van der Waals surface area contributed by atoms with E-state index >= 15 is 0 Å². The molecule has 0 aliphatic carbocycles. The number of carboxylic acid groups (broad SMARTS) is 1. The van der Waals surface area contributed by atoms with Crippen LogP contribution in [-0.4, -0.2) is 31.1 Å². The van der Waals surface area contributed by atoms with E-state index in [1.807, 2.05) is 24.3 Å². The van der Waals surface area contributed by atoms with Crippen molar-refractivity contribution in [2.45, 2.75) is 13.5 Å². The van der Waals surface area contributed by atoms with E-state index in [2.05, 4.69) is 15.3 Å². The normalized spacial score (nSPS) is 11.0. The van der Waals surface area contributed by atoms with E-state index in [9.17, 15) is 4.79 Å². The average molecular weight is 303 g/mol. The SMILES string of the molecule is Cc1c(C(=O)O)nnn1Cc1ccc2ncc(Cl)cc2c1. The molecule has 0 atom stereocenters. The Labute approximate surface area is 125 Å². The molecule has 0 radical (unpaired) electrons. The van der Waals surface area contributed by atoms with Crippen LogP contribution in [0, 0.1) is 6.92 Å². The van der Waals surface area contributed by atoms with E-state index in [0.29, 0.717) is 17.3 Å². The fourth-order valence-electron chi connectivity index (χ4n) is 2.13. The minimum atomic E-state index is -1.08. The number of nitrogens with zero attached hydrogens (tertiary/aromatic N) is 4. The maximum absolute atomic E-state index is 11.0. The molecular weight excluding hydrogens is 292 g/mol. The Hall–Kier alpha value is -2.47. The summed E-state index contributed by atoms with van der Waals surface area (Å²) in [7, 11) is 0. The molecule has 0 unspecified atom stereocenters. The maximum Gasteiger partial charge on any atom is 0.358 e. The Morgan fingerprint density at radius 1 is 1.38 bits per heavy atom. The van der Waals surface area contributed by atoms with Gasteiger partial charge in [-0.2, -0.15) is 0 Å². The number of carbonyl (C=O) groups is 1. The number of aromatic nitrogens is 4. The Kier molecular flexibility index (Phi) is 3.31. The van der Waals surface area contributed by atoms with Gasteiger partial charge in [-0.25, -0.2) is 9.48 Å². The number of aromatic carboxylic acids is 1. The molecule has 21 heavy (non-hydrogen) atoms. The predicted molar refractivity (Wildman–Crippen MR) is 77.6 cm³/mol. The minimum absolute atomic E-state index is 0.0273. The summed E-state index contributed by atoms with van der Waals surface area (Å²) in [5.41, 5.74) is 2.31. The first-order chi connectivity index (χ1) is 10.0. The van der Waals surface area contributed by atoms with Gasteiger partial charge in [0, 0.05) is 11.6 Å². The molecule has 3 aromatic rings. The summed E-state index contributed by atoms with van der Waals surface area (Å²) in [4.78, 5) is 15.2. The maximum atomic E-state index is 11.0. The van der Waals surface area contributed by atoms with Crippen molar-refractivity contribution in [2.24, 2.45) is 0 Å². The second kappa shape index (κ2) is 5.14. The quantitative estimate of drug-likeness (QED) is 0.804. The van der Waals surface area contributed by atoms with Crippen molar-refractivity contribution in [2.75, 3.05) is 0 Å². The van der Waals surface area contributed by atoms with Gasteiger partial charge < -0.3 is 5.11 Å². The second-order valence-corrected chi connectivity index (χ2v) is 5.10. The van der Waals surface area contributed by atoms with E-state index < -0.39 is 5.97 Å². The van der Waals surface area contributed by atoms with Gasteiger partial charge in [-0.15, -0.1) is 5.10 Å². The van der Waals surface area contributed by atoms with E-state index in [1.54, 1.807) is 17.8 Å². The van der Waals surface area contributed by atoms with Crippen LogP contribution in [0.4, 0.5) is 0 Å². The van der Waals surface area contributed by atoms with E-state index in [0.717, 1.165) is 16.5 Å². The number of carboxylic acids is 1. The Balaban J connectivity index is 1.96. The molecule has 0 saturated heterocycles. The molecule has 2 heterocycles. The zero-order valence-corrected chi connectivity index (χ0v) is 11.9. The average Bonchev–Trinajstić information content (AvgIpc) is 2.80. The lowest BCUT2D eigenvalue weighted by Crippen LogP contribution is -2.05. The van der Waals surface area contributed by atoms with Gasteiger partial charge in [0.1, 0.15) is 0 Å². The third-order valence-corrected chi connectivity index (χ3v) is 3.44.